The predicted octanol–water partition coefficient (Wildman–Crippen LogP) is 2.25. The number of hydrogen-bond donors (Lipinski definition) is 2. The number of nitrogens with zero attached hydrogens (tertiary/aromatic N) is 3. The van der Waals surface area contributed by atoms with Crippen LogP contribution in [0.2, 0.25) is 0 Å². The third kappa shape index (κ3) is 3.79. The van der Waals surface area contributed by atoms with Gasteiger partial charge in [0.2, 0.25) is 5.82 Å². The summed E-state index contributed by atoms with van der Waals surface area (Å²) in [6.07, 6.45) is 1.81. The van der Waals surface area contributed by atoms with Crippen molar-refractivity contribution in [1.82, 2.24) is 20.3 Å². The minimum absolute atomic E-state index is 0.0137. The maximum atomic E-state index is 14.4. The molecule has 3 heterocycles. The number of ether oxygens (including phenoxy) is 1. The molecule has 0 unspecified atom stereocenters. The van der Waals surface area contributed by atoms with Crippen LogP contribution in [0, 0.1) is 18.5 Å². The number of aryl methyl sites for hydroxylation is 1. The number of carbonyl (C=O) groups excluding carboxylic acids is 2. The number of aromatic nitrogens is 3. The fourth-order valence-corrected chi connectivity index (χ4v) is 2.76. The van der Waals surface area contributed by atoms with Gasteiger partial charge in [-0.05, 0) is 24.5 Å². The lowest BCUT2D eigenvalue weighted by molar-refractivity contribution is -0.118. The van der Waals surface area contributed by atoms with Gasteiger partial charge < -0.3 is 15.4 Å². The van der Waals surface area contributed by atoms with Crippen molar-refractivity contribution in [1.29, 1.82) is 0 Å². The van der Waals surface area contributed by atoms with Crippen molar-refractivity contribution in [2.75, 3.05) is 11.9 Å². The van der Waals surface area contributed by atoms with Crippen molar-refractivity contribution >= 4 is 17.6 Å². The summed E-state index contributed by atoms with van der Waals surface area (Å²) < 4.78 is 56.1. The molecular weight excluding hydrogens is 396 g/mol. The van der Waals surface area contributed by atoms with E-state index in [0.29, 0.717) is 0 Å². The standard InChI is InChI=1S/C20H15F2N5O3/c1-10-7-23-18(26-16(10)12-4-2-3-5-13(12)22)20(29)25-14-9-30-15-6-11(21)8-24-17(15)27-19(14)28/h2-8,14H,9H2,1H3,(H,25,29)(H,24,27,28)/t14-/m0/s1/i1D3. The predicted molar refractivity (Wildman–Crippen MR) is 102 cm³/mol. The summed E-state index contributed by atoms with van der Waals surface area (Å²) in [5.41, 5.74) is -0.746. The van der Waals surface area contributed by atoms with Crippen molar-refractivity contribution in [3.8, 4) is 17.0 Å². The van der Waals surface area contributed by atoms with Gasteiger partial charge in [0.25, 0.3) is 11.8 Å². The van der Waals surface area contributed by atoms with E-state index in [0.717, 1.165) is 24.5 Å². The average molecular weight is 414 g/mol. The van der Waals surface area contributed by atoms with Crippen LogP contribution in [0.5, 0.6) is 5.75 Å². The molecule has 30 heavy (non-hydrogen) atoms. The van der Waals surface area contributed by atoms with Gasteiger partial charge in [-0.3, -0.25) is 9.59 Å². The molecule has 8 nitrogen and oxygen atoms in total. The number of amides is 2. The van der Waals surface area contributed by atoms with Crippen LogP contribution in [0.25, 0.3) is 11.3 Å². The summed E-state index contributed by atoms with van der Waals surface area (Å²) in [5, 5.41) is 4.78. The normalized spacial score (nSPS) is 17.3. The van der Waals surface area contributed by atoms with Crippen LogP contribution >= 0.6 is 0 Å². The van der Waals surface area contributed by atoms with Gasteiger partial charge in [-0.2, -0.15) is 0 Å². The Balaban J connectivity index is 1.62. The van der Waals surface area contributed by atoms with Crippen LogP contribution < -0.4 is 15.4 Å². The molecule has 3 aromatic rings. The highest BCUT2D eigenvalue weighted by Crippen LogP contribution is 2.25. The number of halogens is 2. The molecule has 1 aromatic carbocycles. The third-order valence-corrected chi connectivity index (χ3v) is 4.21. The second-order valence-electron chi connectivity index (χ2n) is 6.26. The fraction of sp³-hybridized carbons (Fsp3) is 0.150. The first-order valence-corrected chi connectivity index (χ1v) is 8.66. The van der Waals surface area contributed by atoms with E-state index in [2.05, 4.69) is 25.6 Å². The van der Waals surface area contributed by atoms with E-state index in [-0.39, 0.29) is 35.0 Å². The number of hydrogen-bond acceptors (Lipinski definition) is 6. The molecule has 10 heteroatoms. The van der Waals surface area contributed by atoms with E-state index in [1.165, 1.54) is 18.2 Å². The van der Waals surface area contributed by atoms with Crippen molar-refractivity contribution in [3.63, 3.8) is 0 Å². The van der Waals surface area contributed by atoms with Crippen molar-refractivity contribution in [3.05, 3.63) is 65.7 Å². The van der Waals surface area contributed by atoms with E-state index < -0.39 is 42.2 Å². The van der Waals surface area contributed by atoms with E-state index >= 15 is 0 Å². The van der Waals surface area contributed by atoms with Crippen LogP contribution in [0.3, 0.4) is 0 Å². The molecule has 0 saturated carbocycles. The quantitative estimate of drug-likeness (QED) is 0.681. The zero-order valence-electron chi connectivity index (χ0n) is 18.1. The van der Waals surface area contributed by atoms with Gasteiger partial charge in [0.15, 0.2) is 11.6 Å². The lowest BCUT2D eigenvalue weighted by atomic mass is 10.1. The molecule has 2 aromatic heterocycles. The third-order valence-electron chi connectivity index (χ3n) is 4.21. The Bertz CT molecular complexity index is 1260. The Labute approximate surface area is 173 Å². The summed E-state index contributed by atoms with van der Waals surface area (Å²) in [6.45, 7) is -3.01. The van der Waals surface area contributed by atoms with Crippen LogP contribution in [-0.4, -0.2) is 39.4 Å². The maximum absolute atomic E-state index is 14.4. The zero-order chi connectivity index (χ0) is 23.8. The number of anilines is 1. The molecule has 0 radical (unpaired) electrons. The molecule has 1 aliphatic heterocycles. The molecule has 1 aliphatic rings. The highest BCUT2D eigenvalue weighted by Gasteiger charge is 2.28. The number of benzene rings is 1. The molecule has 0 spiro atoms. The fourth-order valence-electron chi connectivity index (χ4n) is 2.76. The molecule has 0 aliphatic carbocycles. The van der Waals surface area contributed by atoms with Gasteiger partial charge in [-0.1, -0.05) is 12.1 Å². The molecule has 1 atom stereocenters. The zero-order valence-corrected chi connectivity index (χ0v) is 15.1. The number of fused-ring (bicyclic) bond motifs is 1. The minimum atomic E-state index is -2.67. The van der Waals surface area contributed by atoms with Crippen molar-refractivity contribution < 1.29 is 27.2 Å². The van der Waals surface area contributed by atoms with E-state index in [1.807, 2.05) is 0 Å². The molecule has 2 amide bonds. The molecule has 0 bridgehead atoms. The maximum Gasteiger partial charge on any atom is 0.289 e. The van der Waals surface area contributed by atoms with Gasteiger partial charge in [-0.15, -0.1) is 0 Å². The molecular formula is C20H15F2N5O3. The highest BCUT2D eigenvalue weighted by atomic mass is 19.1. The smallest absolute Gasteiger partial charge is 0.289 e. The number of nitrogens with one attached hydrogen (secondary N) is 2. The molecule has 0 fully saturated rings. The molecule has 0 saturated heterocycles. The lowest BCUT2D eigenvalue weighted by Crippen LogP contribution is -2.46. The van der Waals surface area contributed by atoms with Gasteiger partial charge >= 0.3 is 0 Å². The second kappa shape index (κ2) is 7.82. The van der Waals surface area contributed by atoms with Crippen molar-refractivity contribution in [2.24, 2.45) is 0 Å². The summed E-state index contributed by atoms with van der Waals surface area (Å²) in [6, 6.07) is 5.17. The Morgan fingerprint density at radius 3 is 2.93 bits per heavy atom. The summed E-state index contributed by atoms with van der Waals surface area (Å²) in [5.74, 6) is -3.54. The number of pyridine rings is 1. The highest BCUT2D eigenvalue weighted by molar-refractivity contribution is 6.00. The van der Waals surface area contributed by atoms with E-state index in [4.69, 9.17) is 8.85 Å². The van der Waals surface area contributed by atoms with Crippen LogP contribution in [0.4, 0.5) is 14.6 Å². The van der Waals surface area contributed by atoms with Gasteiger partial charge in [0, 0.05) is 21.9 Å². The van der Waals surface area contributed by atoms with Gasteiger partial charge in [-0.25, -0.2) is 23.7 Å². The summed E-state index contributed by atoms with van der Waals surface area (Å²) in [4.78, 5) is 36.7. The number of rotatable bonds is 3. The molecule has 152 valence electrons. The van der Waals surface area contributed by atoms with Crippen LogP contribution in [-0.2, 0) is 4.79 Å². The van der Waals surface area contributed by atoms with E-state index in [1.54, 1.807) is 0 Å². The summed E-state index contributed by atoms with van der Waals surface area (Å²) >= 11 is 0. The first-order valence-electron chi connectivity index (χ1n) is 10.2. The molecule has 4 rings (SSSR count). The molecule has 2 N–H and O–H groups in total. The van der Waals surface area contributed by atoms with Crippen LogP contribution in [0.15, 0.2) is 42.7 Å². The second-order valence-corrected chi connectivity index (χ2v) is 6.26. The minimum Gasteiger partial charge on any atom is -0.487 e. The van der Waals surface area contributed by atoms with Gasteiger partial charge in [0.1, 0.15) is 24.3 Å². The first kappa shape index (κ1) is 15.9. The van der Waals surface area contributed by atoms with Crippen molar-refractivity contribution in [2.45, 2.75) is 12.9 Å². The largest absolute Gasteiger partial charge is 0.487 e. The Morgan fingerprint density at radius 1 is 1.30 bits per heavy atom. The van der Waals surface area contributed by atoms with Gasteiger partial charge in [0.05, 0.1) is 11.9 Å². The summed E-state index contributed by atoms with van der Waals surface area (Å²) in [7, 11) is 0. The average Bonchev–Trinajstić information content (AvgIpc) is 2.91. The Kier molecular flexibility index (Phi) is 4.15. The first-order chi connectivity index (χ1) is 15.6. The lowest BCUT2D eigenvalue weighted by Gasteiger charge is -2.14. The topological polar surface area (TPSA) is 106 Å². The van der Waals surface area contributed by atoms with E-state index in [9.17, 15) is 18.4 Å². The Hall–Kier alpha value is -3.95. The Morgan fingerprint density at radius 2 is 2.13 bits per heavy atom. The van der Waals surface area contributed by atoms with Crippen LogP contribution in [0.1, 0.15) is 20.3 Å². The number of carbonyl (C=O) groups is 2. The monoisotopic (exact) mass is 414 g/mol. The SMILES string of the molecule is [2H]C([2H])([2H])c1cnc(C(=O)N[C@H]2COc3cc(F)cnc3NC2=O)nc1-c1ccccc1F.